The number of hydrogen-bond acceptors (Lipinski definition) is 6. The van der Waals surface area contributed by atoms with Gasteiger partial charge in [-0.1, -0.05) is 5.16 Å². The Kier molecular flexibility index (Phi) is 6.23. The summed E-state index contributed by atoms with van der Waals surface area (Å²) in [7, 11) is -1.35. The number of nitrogens with zero attached hydrogens (tertiary/aromatic N) is 2. The highest BCUT2D eigenvalue weighted by atomic mass is 32.2. The highest BCUT2D eigenvalue weighted by Gasteiger charge is 2.10. The molecule has 0 aliphatic heterocycles. The minimum atomic E-state index is -3.19. The van der Waals surface area contributed by atoms with Gasteiger partial charge in [-0.2, -0.15) is 4.98 Å². The SMILES string of the molecule is CNCCCCS(=O)(=O)NCCc1nc(C)no1. The highest BCUT2D eigenvalue weighted by molar-refractivity contribution is 7.89. The van der Waals surface area contributed by atoms with Crippen LogP contribution in [0.1, 0.15) is 24.6 Å². The van der Waals surface area contributed by atoms with Gasteiger partial charge in [-0.15, -0.1) is 0 Å². The van der Waals surface area contributed by atoms with E-state index in [0.29, 0.717) is 24.6 Å². The summed E-state index contributed by atoms with van der Waals surface area (Å²) in [6.45, 7) is 2.84. The van der Waals surface area contributed by atoms with E-state index >= 15 is 0 Å². The number of sulfonamides is 1. The van der Waals surface area contributed by atoms with Crippen molar-refractivity contribution >= 4 is 10.0 Å². The van der Waals surface area contributed by atoms with E-state index in [0.717, 1.165) is 13.0 Å². The van der Waals surface area contributed by atoms with Gasteiger partial charge >= 0.3 is 0 Å². The van der Waals surface area contributed by atoms with Gasteiger partial charge in [-0.25, -0.2) is 13.1 Å². The number of unbranched alkanes of at least 4 members (excludes halogenated alkanes) is 1. The molecule has 1 aromatic rings. The molecule has 0 spiro atoms. The topological polar surface area (TPSA) is 97.1 Å². The molecule has 18 heavy (non-hydrogen) atoms. The lowest BCUT2D eigenvalue weighted by Gasteiger charge is -2.05. The molecule has 0 saturated carbocycles. The third-order valence-corrected chi connectivity index (χ3v) is 3.79. The molecule has 0 amide bonds. The number of aryl methyl sites for hydroxylation is 1. The normalized spacial score (nSPS) is 11.9. The molecule has 0 unspecified atom stereocenters. The monoisotopic (exact) mass is 276 g/mol. The summed E-state index contributed by atoms with van der Waals surface area (Å²) in [4.78, 5) is 4.00. The Labute approximate surface area is 107 Å². The fraction of sp³-hybridized carbons (Fsp3) is 0.800. The minimum Gasteiger partial charge on any atom is -0.339 e. The molecule has 0 aromatic carbocycles. The molecule has 7 nitrogen and oxygen atoms in total. The molecular weight excluding hydrogens is 256 g/mol. The van der Waals surface area contributed by atoms with Gasteiger partial charge in [0.15, 0.2) is 5.82 Å². The van der Waals surface area contributed by atoms with E-state index < -0.39 is 10.0 Å². The van der Waals surface area contributed by atoms with E-state index in [1.807, 2.05) is 7.05 Å². The zero-order valence-electron chi connectivity index (χ0n) is 10.8. The van der Waals surface area contributed by atoms with E-state index in [2.05, 4.69) is 20.2 Å². The van der Waals surface area contributed by atoms with Crippen molar-refractivity contribution < 1.29 is 12.9 Å². The number of nitrogens with one attached hydrogen (secondary N) is 2. The van der Waals surface area contributed by atoms with Crippen molar-refractivity contribution in [1.82, 2.24) is 20.2 Å². The first kappa shape index (κ1) is 15.1. The van der Waals surface area contributed by atoms with Crippen molar-refractivity contribution in [2.45, 2.75) is 26.2 Å². The predicted octanol–water partition coefficient (Wildman–Crippen LogP) is -0.160. The summed E-state index contributed by atoms with van der Waals surface area (Å²) in [6.07, 6.45) is 1.91. The number of rotatable bonds is 9. The quantitative estimate of drug-likeness (QED) is 0.608. The van der Waals surface area contributed by atoms with Gasteiger partial charge in [0.2, 0.25) is 15.9 Å². The van der Waals surface area contributed by atoms with Gasteiger partial charge in [0.1, 0.15) is 0 Å². The molecule has 0 bridgehead atoms. The molecule has 0 aliphatic rings. The molecular formula is C10H20N4O3S. The third-order valence-electron chi connectivity index (χ3n) is 2.32. The predicted molar refractivity (Wildman–Crippen MR) is 67.7 cm³/mol. The molecule has 8 heteroatoms. The lowest BCUT2D eigenvalue weighted by Crippen LogP contribution is -2.28. The van der Waals surface area contributed by atoms with Crippen molar-refractivity contribution in [3.05, 3.63) is 11.7 Å². The van der Waals surface area contributed by atoms with Crippen LogP contribution < -0.4 is 10.0 Å². The molecule has 0 fully saturated rings. The van der Waals surface area contributed by atoms with Gasteiger partial charge in [0.05, 0.1) is 5.75 Å². The van der Waals surface area contributed by atoms with Crippen LogP contribution >= 0.6 is 0 Å². The lowest BCUT2D eigenvalue weighted by molar-refractivity contribution is 0.375. The summed E-state index contributed by atoms with van der Waals surface area (Å²) in [5.74, 6) is 1.16. The third kappa shape index (κ3) is 6.08. The summed E-state index contributed by atoms with van der Waals surface area (Å²) in [6, 6.07) is 0. The van der Waals surface area contributed by atoms with E-state index in [1.165, 1.54) is 0 Å². The highest BCUT2D eigenvalue weighted by Crippen LogP contribution is 1.97. The fourth-order valence-corrected chi connectivity index (χ4v) is 2.56. The van der Waals surface area contributed by atoms with Crippen LogP contribution in [0.25, 0.3) is 0 Å². The standard InChI is InChI=1S/C10H20N4O3S/c1-9-13-10(17-14-9)5-7-12-18(15,16)8-4-3-6-11-2/h11-12H,3-8H2,1-2H3. The van der Waals surface area contributed by atoms with Gasteiger partial charge in [-0.3, -0.25) is 0 Å². The zero-order chi connectivity index (χ0) is 13.4. The number of hydrogen-bond donors (Lipinski definition) is 2. The molecule has 0 radical (unpaired) electrons. The largest absolute Gasteiger partial charge is 0.339 e. The maximum absolute atomic E-state index is 11.6. The van der Waals surface area contributed by atoms with Gasteiger partial charge in [0, 0.05) is 13.0 Å². The molecule has 1 rings (SSSR count). The van der Waals surface area contributed by atoms with Gasteiger partial charge < -0.3 is 9.84 Å². The first-order valence-electron chi connectivity index (χ1n) is 5.94. The Morgan fingerprint density at radius 1 is 1.28 bits per heavy atom. The Morgan fingerprint density at radius 3 is 2.67 bits per heavy atom. The average molecular weight is 276 g/mol. The molecule has 1 aromatic heterocycles. The van der Waals surface area contributed by atoms with Gasteiger partial charge in [0.25, 0.3) is 0 Å². The van der Waals surface area contributed by atoms with Crippen molar-refractivity contribution in [3.63, 3.8) is 0 Å². The van der Waals surface area contributed by atoms with Crippen LogP contribution in [0, 0.1) is 6.92 Å². The maximum Gasteiger partial charge on any atom is 0.227 e. The second-order valence-corrected chi connectivity index (χ2v) is 5.94. The first-order valence-corrected chi connectivity index (χ1v) is 7.60. The van der Waals surface area contributed by atoms with E-state index in [1.54, 1.807) is 6.92 Å². The molecule has 0 aliphatic carbocycles. The fourth-order valence-electron chi connectivity index (χ4n) is 1.42. The maximum atomic E-state index is 11.6. The van der Waals surface area contributed by atoms with Crippen LogP contribution in [-0.4, -0.2) is 44.4 Å². The second kappa shape index (κ2) is 7.45. The minimum absolute atomic E-state index is 0.150. The summed E-state index contributed by atoms with van der Waals surface area (Å²) in [5, 5.41) is 6.61. The van der Waals surface area contributed by atoms with Crippen LogP contribution in [-0.2, 0) is 16.4 Å². The van der Waals surface area contributed by atoms with E-state index in [4.69, 9.17) is 4.52 Å². The Hall–Kier alpha value is -0.990. The smallest absolute Gasteiger partial charge is 0.227 e. The first-order chi connectivity index (χ1) is 8.53. The average Bonchev–Trinajstić information content (AvgIpc) is 2.70. The Bertz CT molecular complexity index is 444. The molecule has 104 valence electrons. The van der Waals surface area contributed by atoms with Crippen molar-refractivity contribution in [2.75, 3.05) is 25.9 Å². The summed E-state index contributed by atoms with van der Waals surface area (Å²) in [5.41, 5.74) is 0. The summed E-state index contributed by atoms with van der Waals surface area (Å²) < 4.78 is 30.6. The van der Waals surface area contributed by atoms with Crippen molar-refractivity contribution in [1.29, 1.82) is 0 Å². The van der Waals surface area contributed by atoms with Crippen LogP contribution in [0.15, 0.2) is 4.52 Å². The van der Waals surface area contributed by atoms with Crippen molar-refractivity contribution in [3.8, 4) is 0 Å². The van der Waals surface area contributed by atoms with Crippen molar-refractivity contribution in [2.24, 2.45) is 0 Å². The van der Waals surface area contributed by atoms with E-state index in [-0.39, 0.29) is 12.3 Å². The molecule has 1 heterocycles. The molecule has 0 atom stereocenters. The van der Waals surface area contributed by atoms with Crippen LogP contribution in [0.3, 0.4) is 0 Å². The Morgan fingerprint density at radius 2 is 2.06 bits per heavy atom. The van der Waals surface area contributed by atoms with Crippen LogP contribution in [0.2, 0.25) is 0 Å². The van der Waals surface area contributed by atoms with Gasteiger partial charge in [-0.05, 0) is 33.4 Å². The van der Waals surface area contributed by atoms with E-state index in [9.17, 15) is 8.42 Å². The number of aromatic nitrogens is 2. The van der Waals surface area contributed by atoms with Crippen LogP contribution in [0.5, 0.6) is 0 Å². The summed E-state index contributed by atoms with van der Waals surface area (Å²) >= 11 is 0. The van der Waals surface area contributed by atoms with Crippen LogP contribution in [0.4, 0.5) is 0 Å². The second-order valence-electron chi connectivity index (χ2n) is 4.01. The molecule has 2 N–H and O–H groups in total. The lowest BCUT2D eigenvalue weighted by atomic mass is 10.3. The Balaban J connectivity index is 2.20. The molecule has 0 saturated heterocycles. The zero-order valence-corrected chi connectivity index (χ0v) is 11.6.